The average molecular weight is 383 g/mol. The highest BCUT2D eigenvalue weighted by molar-refractivity contribution is 8.23. The maximum absolute atomic E-state index is 12.1. The Bertz CT molecular complexity index is 606. The van der Waals surface area contributed by atoms with Crippen LogP contribution in [0.2, 0.25) is 0 Å². The van der Waals surface area contributed by atoms with Gasteiger partial charge in [-0.15, -0.1) is 5.48 Å². The van der Waals surface area contributed by atoms with Gasteiger partial charge in [0.15, 0.2) is 6.04 Å². The van der Waals surface area contributed by atoms with E-state index >= 15 is 0 Å². The Labute approximate surface area is 157 Å². The average Bonchev–Trinajstić information content (AvgIpc) is 3.17. The van der Waals surface area contributed by atoms with E-state index in [-0.39, 0.29) is 5.25 Å². The number of likely N-dealkylation sites (tertiary alicyclic amines) is 1. The SMILES string of the molecule is COC(=O)[C@H](NOC(=O)c1ccccc1)[C@H](C)SC(=S)N1CCCC1. The zero-order chi connectivity index (χ0) is 18.2. The minimum atomic E-state index is -0.816. The second-order valence-corrected chi connectivity index (χ2v) is 7.67. The molecular formula is C17H22N2O4S2. The van der Waals surface area contributed by atoms with Gasteiger partial charge in [0.25, 0.3) is 0 Å². The Balaban J connectivity index is 1.94. The number of rotatable bonds is 6. The predicted octanol–water partition coefficient (Wildman–Crippen LogP) is 2.39. The summed E-state index contributed by atoms with van der Waals surface area (Å²) in [4.78, 5) is 31.3. The second kappa shape index (κ2) is 9.74. The molecule has 1 aliphatic rings. The summed E-state index contributed by atoms with van der Waals surface area (Å²) in [6.45, 7) is 3.73. The van der Waals surface area contributed by atoms with Crippen molar-refractivity contribution in [3.63, 3.8) is 0 Å². The number of nitrogens with one attached hydrogen (secondary N) is 1. The Hall–Kier alpha value is -1.64. The van der Waals surface area contributed by atoms with E-state index in [4.69, 9.17) is 21.8 Å². The molecule has 1 aromatic carbocycles. The highest BCUT2D eigenvalue weighted by atomic mass is 32.2. The van der Waals surface area contributed by atoms with Gasteiger partial charge in [0.05, 0.1) is 12.7 Å². The summed E-state index contributed by atoms with van der Waals surface area (Å²) in [7, 11) is 1.30. The van der Waals surface area contributed by atoms with Gasteiger partial charge in [-0.25, -0.2) is 4.79 Å². The van der Waals surface area contributed by atoms with Crippen molar-refractivity contribution < 1.29 is 19.2 Å². The molecule has 1 saturated heterocycles. The van der Waals surface area contributed by atoms with Crippen LogP contribution in [0.25, 0.3) is 0 Å². The quantitative estimate of drug-likeness (QED) is 0.457. The van der Waals surface area contributed by atoms with Crippen LogP contribution in [0, 0.1) is 0 Å². The minimum absolute atomic E-state index is 0.260. The first kappa shape index (κ1) is 19.7. The van der Waals surface area contributed by atoms with Gasteiger partial charge < -0.3 is 14.5 Å². The first-order chi connectivity index (χ1) is 12.0. The third kappa shape index (κ3) is 5.69. The van der Waals surface area contributed by atoms with Crippen LogP contribution in [0.4, 0.5) is 0 Å². The molecule has 136 valence electrons. The fourth-order valence-electron chi connectivity index (χ4n) is 2.41. The largest absolute Gasteiger partial charge is 0.468 e. The molecule has 1 fully saturated rings. The molecule has 0 radical (unpaired) electrons. The lowest BCUT2D eigenvalue weighted by molar-refractivity contribution is -0.145. The molecule has 0 aliphatic carbocycles. The number of hydrogen-bond donors (Lipinski definition) is 1. The molecule has 0 amide bonds. The van der Waals surface area contributed by atoms with Gasteiger partial charge in [0.2, 0.25) is 0 Å². The van der Waals surface area contributed by atoms with Gasteiger partial charge in [0, 0.05) is 18.3 Å². The zero-order valence-electron chi connectivity index (χ0n) is 14.3. The maximum atomic E-state index is 12.1. The summed E-state index contributed by atoms with van der Waals surface area (Å²) >= 11 is 6.84. The number of esters is 1. The molecule has 8 heteroatoms. The lowest BCUT2D eigenvalue weighted by Crippen LogP contribution is -2.46. The van der Waals surface area contributed by atoms with Gasteiger partial charge in [0.1, 0.15) is 4.32 Å². The van der Waals surface area contributed by atoms with Crippen LogP contribution in [0.15, 0.2) is 30.3 Å². The number of nitrogens with zero attached hydrogens (tertiary/aromatic N) is 1. The second-order valence-electron chi connectivity index (χ2n) is 5.66. The van der Waals surface area contributed by atoms with Crippen LogP contribution in [-0.2, 0) is 14.4 Å². The lowest BCUT2D eigenvalue weighted by Gasteiger charge is -2.25. The van der Waals surface area contributed by atoms with E-state index in [9.17, 15) is 9.59 Å². The summed E-state index contributed by atoms with van der Waals surface area (Å²) in [6.07, 6.45) is 2.25. The fourth-order valence-corrected chi connectivity index (χ4v) is 4.00. The smallest absolute Gasteiger partial charge is 0.356 e. The van der Waals surface area contributed by atoms with Crippen molar-refractivity contribution in [2.24, 2.45) is 0 Å². The number of methoxy groups -OCH3 is 1. The molecule has 0 spiro atoms. The maximum Gasteiger partial charge on any atom is 0.356 e. The molecule has 0 aromatic heterocycles. The van der Waals surface area contributed by atoms with E-state index < -0.39 is 18.0 Å². The highest BCUT2D eigenvalue weighted by Crippen LogP contribution is 2.23. The molecule has 2 rings (SSSR count). The van der Waals surface area contributed by atoms with Crippen molar-refractivity contribution in [2.75, 3.05) is 20.2 Å². The number of thiocarbonyl (C=S) groups is 1. The third-order valence-corrected chi connectivity index (χ3v) is 5.51. The molecule has 0 saturated carbocycles. The minimum Gasteiger partial charge on any atom is -0.468 e. The molecule has 1 heterocycles. The van der Waals surface area contributed by atoms with Gasteiger partial charge in [-0.05, 0) is 25.0 Å². The number of hydrogen-bond acceptors (Lipinski definition) is 7. The number of thioether (sulfide) groups is 1. The van der Waals surface area contributed by atoms with Crippen molar-refractivity contribution in [1.29, 1.82) is 0 Å². The summed E-state index contributed by atoms with van der Waals surface area (Å²) in [5.74, 6) is -1.07. The van der Waals surface area contributed by atoms with Crippen LogP contribution in [0.3, 0.4) is 0 Å². The van der Waals surface area contributed by atoms with E-state index in [0.717, 1.165) is 30.3 Å². The van der Waals surface area contributed by atoms with Gasteiger partial charge in [-0.1, -0.05) is 49.1 Å². The molecule has 1 aliphatic heterocycles. The van der Waals surface area contributed by atoms with Crippen LogP contribution in [0.5, 0.6) is 0 Å². The molecular weight excluding hydrogens is 360 g/mol. The van der Waals surface area contributed by atoms with Crippen LogP contribution < -0.4 is 5.48 Å². The standard InChI is InChI=1S/C17H22N2O4S2/c1-12(25-17(24)19-10-6-7-11-19)14(16(21)22-2)18-23-15(20)13-8-4-3-5-9-13/h3-5,8-9,12,14,18H,6-7,10-11H2,1-2H3/t12-,14+/m0/s1. The number of carbonyl (C=O) groups is 2. The molecule has 25 heavy (non-hydrogen) atoms. The normalized spacial score (nSPS) is 16.2. The molecule has 1 aromatic rings. The van der Waals surface area contributed by atoms with Gasteiger partial charge in [-0.3, -0.25) is 4.79 Å². The molecule has 0 unspecified atom stereocenters. The number of hydroxylamine groups is 1. The van der Waals surface area contributed by atoms with Crippen LogP contribution in [-0.4, -0.2) is 52.7 Å². The summed E-state index contributed by atoms with van der Waals surface area (Å²) in [6, 6.07) is 7.74. The molecule has 0 bridgehead atoms. The number of ether oxygens (including phenoxy) is 1. The van der Waals surface area contributed by atoms with Crippen molar-refractivity contribution in [1.82, 2.24) is 10.4 Å². The van der Waals surface area contributed by atoms with E-state index in [1.54, 1.807) is 30.3 Å². The van der Waals surface area contributed by atoms with Crippen molar-refractivity contribution in [2.45, 2.75) is 31.1 Å². The zero-order valence-corrected chi connectivity index (χ0v) is 15.9. The summed E-state index contributed by atoms with van der Waals surface area (Å²) < 4.78 is 5.56. The monoisotopic (exact) mass is 382 g/mol. The Kier molecular flexibility index (Phi) is 7.67. The highest BCUT2D eigenvalue weighted by Gasteiger charge is 2.30. The lowest BCUT2D eigenvalue weighted by atomic mass is 10.2. The van der Waals surface area contributed by atoms with Gasteiger partial charge >= 0.3 is 11.9 Å². The number of benzene rings is 1. The predicted molar refractivity (Wildman–Crippen MR) is 101 cm³/mol. The van der Waals surface area contributed by atoms with Gasteiger partial charge in [-0.2, -0.15) is 0 Å². The number of carbonyl (C=O) groups excluding carboxylic acids is 2. The summed E-state index contributed by atoms with van der Waals surface area (Å²) in [5.41, 5.74) is 2.94. The van der Waals surface area contributed by atoms with E-state index in [2.05, 4.69) is 10.4 Å². The first-order valence-electron chi connectivity index (χ1n) is 8.08. The first-order valence-corrected chi connectivity index (χ1v) is 9.37. The summed E-state index contributed by atoms with van der Waals surface area (Å²) in [5, 5.41) is -0.260. The van der Waals surface area contributed by atoms with Crippen molar-refractivity contribution in [3.8, 4) is 0 Å². The molecule has 2 atom stereocenters. The third-order valence-electron chi connectivity index (χ3n) is 3.86. The topological polar surface area (TPSA) is 67.9 Å². The van der Waals surface area contributed by atoms with Crippen molar-refractivity contribution in [3.05, 3.63) is 35.9 Å². The Morgan fingerprint density at radius 2 is 1.88 bits per heavy atom. The Morgan fingerprint density at radius 3 is 2.48 bits per heavy atom. The van der Waals surface area contributed by atoms with E-state index in [1.807, 2.05) is 6.92 Å². The molecule has 1 N–H and O–H groups in total. The van der Waals surface area contributed by atoms with Crippen LogP contribution in [0.1, 0.15) is 30.1 Å². The van der Waals surface area contributed by atoms with Crippen molar-refractivity contribution >= 4 is 40.2 Å². The van der Waals surface area contributed by atoms with Crippen LogP contribution >= 0.6 is 24.0 Å². The van der Waals surface area contributed by atoms with E-state index in [1.165, 1.54) is 18.9 Å². The van der Waals surface area contributed by atoms with E-state index in [0.29, 0.717) is 5.56 Å². The fraction of sp³-hybridized carbons (Fsp3) is 0.471. The molecule has 6 nitrogen and oxygen atoms in total. The Morgan fingerprint density at radius 1 is 1.24 bits per heavy atom.